The van der Waals surface area contributed by atoms with E-state index in [1.807, 2.05) is 18.2 Å². The van der Waals surface area contributed by atoms with Crippen LogP contribution in [0.4, 0.5) is 5.69 Å². The Balaban J connectivity index is 1.86. The second-order valence-corrected chi connectivity index (χ2v) is 6.30. The van der Waals surface area contributed by atoms with Gasteiger partial charge in [-0.1, -0.05) is 48.3 Å². The van der Waals surface area contributed by atoms with Crippen molar-refractivity contribution in [1.29, 1.82) is 0 Å². The molecule has 1 aromatic carbocycles. The molecule has 0 unspecified atom stereocenters. The molecule has 0 radical (unpaired) electrons. The van der Waals surface area contributed by atoms with E-state index in [0.717, 1.165) is 31.2 Å². The van der Waals surface area contributed by atoms with Gasteiger partial charge in [-0.25, -0.2) is 4.79 Å². The van der Waals surface area contributed by atoms with Crippen molar-refractivity contribution < 1.29 is 18.8 Å². The van der Waals surface area contributed by atoms with Gasteiger partial charge < -0.3 is 20.7 Å². The van der Waals surface area contributed by atoms with E-state index < -0.39 is 17.5 Å². The molecule has 0 saturated heterocycles. The third-order valence-electron chi connectivity index (χ3n) is 4.61. The van der Waals surface area contributed by atoms with Crippen LogP contribution in [0.25, 0.3) is 11.3 Å². The predicted molar refractivity (Wildman–Crippen MR) is 91.4 cm³/mol. The molecule has 3 rings (SSSR count). The third-order valence-corrected chi connectivity index (χ3v) is 4.61. The molecular weight excluding hydrogens is 322 g/mol. The molecule has 1 aliphatic carbocycles. The van der Waals surface area contributed by atoms with Crippen LogP contribution in [0.2, 0.25) is 0 Å². The number of hydrogen-bond acceptors (Lipinski definition) is 6. The Bertz CT molecular complexity index is 762. The number of esters is 1. The summed E-state index contributed by atoms with van der Waals surface area (Å²) in [5.74, 6) is -1.65. The quantitative estimate of drug-likeness (QED) is 0.650. The van der Waals surface area contributed by atoms with Gasteiger partial charge in [0.25, 0.3) is 11.7 Å². The number of carbonyl (C=O) groups is 2. The molecule has 0 spiro atoms. The van der Waals surface area contributed by atoms with E-state index >= 15 is 0 Å². The van der Waals surface area contributed by atoms with Gasteiger partial charge in [-0.15, -0.1) is 0 Å². The Kier molecular flexibility index (Phi) is 4.74. The Morgan fingerprint density at radius 2 is 1.72 bits per heavy atom. The zero-order valence-electron chi connectivity index (χ0n) is 13.9. The highest BCUT2D eigenvalue weighted by Crippen LogP contribution is 2.33. The summed E-state index contributed by atoms with van der Waals surface area (Å²) >= 11 is 0. The average Bonchev–Trinajstić information content (AvgIpc) is 2.83. The lowest BCUT2D eigenvalue weighted by molar-refractivity contribution is -0.139. The number of anilines is 1. The zero-order valence-corrected chi connectivity index (χ0v) is 13.9. The number of carbonyl (C=O) groups excluding carboxylic acids is 2. The molecule has 0 atom stereocenters. The Labute approximate surface area is 145 Å². The summed E-state index contributed by atoms with van der Waals surface area (Å²) in [4.78, 5) is 24.5. The van der Waals surface area contributed by atoms with Crippen molar-refractivity contribution >= 4 is 17.6 Å². The predicted octanol–water partition coefficient (Wildman–Crippen LogP) is 2.66. The van der Waals surface area contributed by atoms with Crippen LogP contribution in [0.15, 0.2) is 34.9 Å². The van der Waals surface area contributed by atoms with Crippen molar-refractivity contribution in [3.05, 3.63) is 36.1 Å². The number of nitrogens with two attached hydrogens (primary N) is 2. The van der Waals surface area contributed by atoms with Gasteiger partial charge in [-0.2, -0.15) is 0 Å². The van der Waals surface area contributed by atoms with E-state index in [1.54, 1.807) is 12.1 Å². The van der Waals surface area contributed by atoms with Crippen molar-refractivity contribution in [3.8, 4) is 11.3 Å². The molecule has 1 fully saturated rings. The molecule has 4 N–H and O–H groups in total. The minimum atomic E-state index is -1.31. The first-order chi connectivity index (χ1) is 12.0. The Morgan fingerprint density at radius 3 is 2.32 bits per heavy atom. The topological polar surface area (TPSA) is 121 Å². The molecule has 7 heteroatoms. The van der Waals surface area contributed by atoms with Crippen LogP contribution in [0, 0.1) is 0 Å². The standard InChI is InChI=1S/C18H21N3O4/c19-13-14(12-8-4-3-5-9-12)21-25-15(13)16(22)24-18(17(20)23)10-6-1-2-7-11-18/h3-5,8-9H,1-2,6-7,10-11,19H2,(H2,20,23). The summed E-state index contributed by atoms with van der Waals surface area (Å²) < 4.78 is 10.6. The lowest BCUT2D eigenvalue weighted by Crippen LogP contribution is -2.47. The van der Waals surface area contributed by atoms with Crippen LogP contribution in [0.5, 0.6) is 0 Å². The van der Waals surface area contributed by atoms with E-state index in [1.165, 1.54) is 0 Å². The number of aromatic nitrogens is 1. The van der Waals surface area contributed by atoms with Crippen LogP contribution >= 0.6 is 0 Å². The molecule has 1 saturated carbocycles. The maximum Gasteiger partial charge on any atom is 0.380 e. The second kappa shape index (κ2) is 6.96. The lowest BCUT2D eigenvalue weighted by Gasteiger charge is -2.28. The van der Waals surface area contributed by atoms with Gasteiger partial charge in [-0.3, -0.25) is 4.79 Å². The van der Waals surface area contributed by atoms with Gasteiger partial charge in [0, 0.05) is 5.56 Å². The van der Waals surface area contributed by atoms with Crippen molar-refractivity contribution in [2.75, 3.05) is 5.73 Å². The normalized spacial score (nSPS) is 16.8. The molecule has 25 heavy (non-hydrogen) atoms. The minimum absolute atomic E-state index is 0.0874. The maximum atomic E-state index is 12.6. The first kappa shape index (κ1) is 17.0. The highest BCUT2D eigenvalue weighted by molar-refractivity contribution is 5.97. The molecule has 132 valence electrons. The number of hydrogen-bond donors (Lipinski definition) is 2. The third kappa shape index (κ3) is 3.35. The van der Waals surface area contributed by atoms with Gasteiger partial charge in [0.05, 0.1) is 0 Å². The van der Waals surface area contributed by atoms with Crippen molar-refractivity contribution in [2.45, 2.75) is 44.1 Å². The lowest BCUT2D eigenvalue weighted by atomic mass is 9.93. The van der Waals surface area contributed by atoms with Crippen molar-refractivity contribution in [2.24, 2.45) is 5.73 Å². The number of rotatable bonds is 4. The van der Waals surface area contributed by atoms with Crippen LogP contribution in [-0.4, -0.2) is 22.6 Å². The summed E-state index contributed by atoms with van der Waals surface area (Å²) in [6, 6.07) is 9.13. The minimum Gasteiger partial charge on any atom is -0.443 e. The highest BCUT2D eigenvalue weighted by Gasteiger charge is 2.42. The van der Waals surface area contributed by atoms with Gasteiger partial charge >= 0.3 is 5.97 Å². The molecule has 1 aliphatic rings. The fourth-order valence-electron chi connectivity index (χ4n) is 3.17. The number of nitrogens with zero attached hydrogens (tertiary/aromatic N) is 1. The number of nitrogen functional groups attached to an aromatic ring is 1. The molecule has 1 amide bonds. The van der Waals surface area contributed by atoms with Gasteiger partial charge in [0.1, 0.15) is 11.4 Å². The van der Waals surface area contributed by atoms with E-state index in [9.17, 15) is 9.59 Å². The number of primary amides is 1. The molecular formula is C18H21N3O4. The summed E-state index contributed by atoms with van der Waals surface area (Å²) in [5.41, 5.74) is 11.4. The largest absolute Gasteiger partial charge is 0.443 e. The first-order valence-electron chi connectivity index (χ1n) is 8.37. The van der Waals surface area contributed by atoms with Crippen molar-refractivity contribution in [3.63, 3.8) is 0 Å². The molecule has 0 bridgehead atoms. The van der Waals surface area contributed by atoms with Crippen LogP contribution in [0.3, 0.4) is 0 Å². The number of amides is 1. The SMILES string of the molecule is NC(=O)C1(OC(=O)c2onc(-c3ccccc3)c2N)CCCCCC1. The monoisotopic (exact) mass is 343 g/mol. The average molecular weight is 343 g/mol. The van der Waals surface area contributed by atoms with Crippen LogP contribution < -0.4 is 11.5 Å². The number of ether oxygens (including phenoxy) is 1. The summed E-state index contributed by atoms with van der Waals surface area (Å²) in [6.07, 6.45) is 4.33. The maximum absolute atomic E-state index is 12.6. The van der Waals surface area contributed by atoms with E-state index in [4.69, 9.17) is 20.7 Å². The smallest absolute Gasteiger partial charge is 0.380 e. The Hall–Kier alpha value is -2.83. The van der Waals surface area contributed by atoms with Crippen molar-refractivity contribution in [1.82, 2.24) is 5.16 Å². The fraction of sp³-hybridized carbons (Fsp3) is 0.389. The van der Waals surface area contributed by atoms with E-state index in [-0.39, 0.29) is 11.4 Å². The molecule has 0 aliphatic heterocycles. The summed E-state index contributed by atoms with van der Waals surface area (Å²) in [6.45, 7) is 0. The molecule has 2 aromatic rings. The van der Waals surface area contributed by atoms with Gasteiger partial charge in [-0.05, 0) is 25.7 Å². The fourth-order valence-corrected chi connectivity index (χ4v) is 3.17. The first-order valence-corrected chi connectivity index (χ1v) is 8.37. The zero-order chi connectivity index (χ0) is 17.9. The van der Waals surface area contributed by atoms with Crippen LogP contribution in [0.1, 0.15) is 49.1 Å². The van der Waals surface area contributed by atoms with Gasteiger partial charge in [0.15, 0.2) is 5.60 Å². The Morgan fingerprint density at radius 1 is 1.08 bits per heavy atom. The van der Waals surface area contributed by atoms with Crippen LogP contribution in [-0.2, 0) is 9.53 Å². The molecule has 7 nitrogen and oxygen atoms in total. The van der Waals surface area contributed by atoms with E-state index in [0.29, 0.717) is 18.5 Å². The second-order valence-electron chi connectivity index (χ2n) is 6.30. The number of benzene rings is 1. The molecule has 1 aromatic heterocycles. The van der Waals surface area contributed by atoms with E-state index in [2.05, 4.69) is 5.16 Å². The molecule has 1 heterocycles. The summed E-state index contributed by atoms with van der Waals surface area (Å²) in [7, 11) is 0. The summed E-state index contributed by atoms with van der Waals surface area (Å²) in [5, 5.41) is 3.87. The van der Waals surface area contributed by atoms with Gasteiger partial charge in [0.2, 0.25) is 0 Å². The highest BCUT2D eigenvalue weighted by atomic mass is 16.6.